The largest absolute Gasteiger partial charge is 0.348 e. The van der Waals surface area contributed by atoms with E-state index in [0.717, 1.165) is 5.69 Å². The van der Waals surface area contributed by atoms with Gasteiger partial charge in [0.05, 0.1) is 18.0 Å². The lowest BCUT2D eigenvalue weighted by molar-refractivity contribution is -0.126. The number of hydrogen-bond acceptors (Lipinski definition) is 4. The Morgan fingerprint density at radius 1 is 1.38 bits per heavy atom. The first kappa shape index (κ1) is 15.9. The first-order valence-corrected chi connectivity index (χ1v) is 8.89. The number of carbonyl (C=O) groups excluding carboxylic acids is 1. The first-order valence-electron chi connectivity index (χ1n) is 7.04. The topological polar surface area (TPSA) is 79.4 Å². The normalized spacial score (nSPS) is 19.1. The van der Waals surface area contributed by atoms with Crippen LogP contribution in [-0.2, 0) is 14.8 Å². The molecule has 2 heterocycles. The average molecular weight is 311 g/mol. The van der Waals surface area contributed by atoms with Gasteiger partial charge in [-0.05, 0) is 31.9 Å². The fraction of sp³-hybridized carbons (Fsp3) is 0.571. The van der Waals surface area contributed by atoms with E-state index in [1.165, 1.54) is 10.6 Å². The average Bonchev–Trinajstić information content (AvgIpc) is 2.47. The third kappa shape index (κ3) is 4.25. The standard InChI is InChI=1S/C14H21N3O3S/c1-11(13-5-3-4-8-15-13)16-14(18)12-6-9-17(10-7-12)21(2,19)20/h3-5,8,11-12H,6-7,9-10H2,1-2H3,(H,16,18). The lowest BCUT2D eigenvalue weighted by Crippen LogP contribution is -2.43. The van der Waals surface area contributed by atoms with Gasteiger partial charge in [0.25, 0.3) is 0 Å². The van der Waals surface area contributed by atoms with Crippen LogP contribution in [0, 0.1) is 5.92 Å². The van der Waals surface area contributed by atoms with Gasteiger partial charge in [-0.1, -0.05) is 6.07 Å². The summed E-state index contributed by atoms with van der Waals surface area (Å²) >= 11 is 0. The van der Waals surface area contributed by atoms with E-state index < -0.39 is 10.0 Å². The van der Waals surface area contributed by atoms with Crippen molar-refractivity contribution >= 4 is 15.9 Å². The Morgan fingerprint density at radius 3 is 2.57 bits per heavy atom. The van der Waals surface area contributed by atoms with Gasteiger partial charge in [0, 0.05) is 25.2 Å². The minimum atomic E-state index is -3.15. The Hall–Kier alpha value is -1.47. The quantitative estimate of drug-likeness (QED) is 0.897. The summed E-state index contributed by atoms with van der Waals surface area (Å²) in [5, 5.41) is 2.95. The highest BCUT2D eigenvalue weighted by molar-refractivity contribution is 7.88. The molecule has 1 aromatic heterocycles. The number of piperidine rings is 1. The minimum absolute atomic E-state index is 0.0266. The van der Waals surface area contributed by atoms with Gasteiger partial charge in [0.1, 0.15) is 0 Å². The zero-order valence-electron chi connectivity index (χ0n) is 12.3. The van der Waals surface area contributed by atoms with Crippen LogP contribution in [0.1, 0.15) is 31.5 Å². The smallest absolute Gasteiger partial charge is 0.223 e. The Bertz CT molecular complexity index is 581. The molecule has 0 saturated carbocycles. The zero-order valence-corrected chi connectivity index (χ0v) is 13.1. The molecule has 21 heavy (non-hydrogen) atoms. The van der Waals surface area contributed by atoms with Gasteiger partial charge in [0.2, 0.25) is 15.9 Å². The van der Waals surface area contributed by atoms with Gasteiger partial charge in [-0.25, -0.2) is 12.7 Å². The molecule has 1 fully saturated rings. The van der Waals surface area contributed by atoms with E-state index in [1.54, 1.807) is 6.20 Å². The van der Waals surface area contributed by atoms with Crippen molar-refractivity contribution in [1.82, 2.24) is 14.6 Å². The van der Waals surface area contributed by atoms with Gasteiger partial charge in [-0.3, -0.25) is 9.78 Å². The molecule has 1 aromatic rings. The summed E-state index contributed by atoms with van der Waals surface area (Å²) in [4.78, 5) is 16.5. The molecule has 1 unspecified atom stereocenters. The molecule has 0 aromatic carbocycles. The minimum Gasteiger partial charge on any atom is -0.348 e. The van der Waals surface area contributed by atoms with Gasteiger partial charge < -0.3 is 5.32 Å². The van der Waals surface area contributed by atoms with Crippen LogP contribution in [0.4, 0.5) is 0 Å². The Kier molecular flexibility index (Phi) is 4.95. The zero-order chi connectivity index (χ0) is 15.5. The number of carbonyl (C=O) groups is 1. The number of nitrogens with one attached hydrogen (secondary N) is 1. The van der Waals surface area contributed by atoms with Crippen molar-refractivity contribution in [1.29, 1.82) is 0 Å². The van der Waals surface area contributed by atoms with Crippen LogP contribution in [0.25, 0.3) is 0 Å². The molecule has 116 valence electrons. The van der Waals surface area contributed by atoms with E-state index >= 15 is 0 Å². The second-order valence-corrected chi connectivity index (χ2v) is 7.40. The number of hydrogen-bond donors (Lipinski definition) is 1. The van der Waals surface area contributed by atoms with Crippen LogP contribution >= 0.6 is 0 Å². The van der Waals surface area contributed by atoms with Gasteiger partial charge in [-0.15, -0.1) is 0 Å². The number of aromatic nitrogens is 1. The Morgan fingerprint density at radius 2 is 2.05 bits per heavy atom. The number of amides is 1. The van der Waals surface area contributed by atoms with Crippen molar-refractivity contribution in [3.8, 4) is 0 Å². The van der Waals surface area contributed by atoms with Gasteiger partial charge in [-0.2, -0.15) is 0 Å². The van der Waals surface area contributed by atoms with Crippen LogP contribution in [0.2, 0.25) is 0 Å². The SMILES string of the molecule is CC(NC(=O)C1CCN(S(C)(=O)=O)CC1)c1ccccn1. The first-order chi connectivity index (χ1) is 9.88. The molecule has 1 saturated heterocycles. The van der Waals surface area contributed by atoms with Gasteiger partial charge in [0.15, 0.2) is 0 Å². The van der Waals surface area contributed by atoms with E-state index in [-0.39, 0.29) is 17.9 Å². The molecular formula is C14H21N3O3S. The summed E-state index contributed by atoms with van der Waals surface area (Å²) in [6.45, 7) is 2.72. The van der Waals surface area contributed by atoms with Crippen molar-refractivity contribution in [2.24, 2.45) is 5.92 Å². The summed E-state index contributed by atoms with van der Waals surface area (Å²) in [6, 6.07) is 5.44. The molecule has 6 nitrogen and oxygen atoms in total. The summed E-state index contributed by atoms with van der Waals surface area (Å²) in [5.41, 5.74) is 0.819. The van der Waals surface area contributed by atoms with Gasteiger partial charge >= 0.3 is 0 Å². The van der Waals surface area contributed by atoms with Crippen LogP contribution in [0.15, 0.2) is 24.4 Å². The molecule has 0 radical (unpaired) electrons. The highest BCUT2D eigenvalue weighted by atomic mass is 32.2. The third-order valence-electron chi connectivity index (χ3n) is 3.78. The number of nitrogens with zero attached hydrogens (tertiary/aromatic N) is 2. The van der Waals surface area contributed by atoms with Crippen molar-refractivity contribution in [2.45, 2.75) is 25.8 Å². The predicted octanol–water partition coefficient (Wildman–Crippen LogP) is 0.930. The number of pyridine rings is 1. The predicted molar refractivity (Wildman–Crippen MR) is 79.9 cm³/mol. The van der Waals surface area contributed by atoms with Crippen molar-refractivity contribution < 1.29 is 13.2 Å². The van der Waals surface area contributed by atoms with Crippen LogP contribution in [0.5, 0.6) is 0 Å². The molecule has 1 N–H and O–H groups in total. The van der Waals surface area contributed by atoms with Crippen LogP contribution < -0.4 is 5.32 Å². The third-order valence-corrected chi connectivity index (χ3v) is 5.09. The number of sulfonamides is 1. The molecule has 1 atom stereocenters. The molecule has 2 rings (SSSR count). The molecule has 1 amide bonds. The van der Waals surface area contributed by atoms with Crippen LogP contribution in [-0.4, -0.2) is 43.0 Å². The van der Waals surface area contributed by atoms with Crippen LogP contribution in [0.3, 0.4) is 0 Å². The van der Waals surface area contributed by atoms with E-state index in [4.69, 9.17) is 0 Å². The second-order valence-electron chi connectivity index (χ2n) is 5.42. The summed E-state index contributed by atoms with van der Waals surface area (Å²) < 4.78 is 24.3. The summed E-state index contributed by atoms with van der Waals surface area (Å²) in [5.74, 6) is -0.157. The highest BCUT2D eigenvalue weighted by Crippen LogP contribution is 2.20. The molecule has 0 bridgehead atoms. The molecule has 0 spiro atoms. The van der Waals surface area contributed by atoms with Crippen molar-refractivity contribution in [3.05, 3.63) is 30.1 Å². The van der Waals surface area contributed by atoms with Crippen molar-refractivity contribution in [3.63, 3.8) is 0 Å². The van der Waals surface area contributed by atoms with E-state index in [9.17, 15) is 13.2 Å². The lowest BCUT2D eigenvalue weighted by Gasteiger charge is -2.30. The molecule has 0 aliphatic carbocycles. The Balaban J connectivity index is 1.88. The fourth-order valence-electron chi connectivity index (χ4n) is 2.49. The molecule has 7 heteroatoms. The monoisotopic (exact) mass is 311 g/mol. The molecular weight excluding hydrogens is 290 g/mol. The number of rotatable bonds is 4. The van der Waals surface area contributed by atoms with E-state index in [2.05, 4.69) is 10.3 Å². The fourth-order valence-corrected chi connectivity index (χ4v) is 3.36. The maximum atomic E-state index is 12.2. The molecule has 1 aliphatic rings. The van der Waals surface area contributed by atoms with E-state index in [0.29, 0.717) is 25.9 Å². The lowest BCUT2D eigenvalue weighted by atomic mass is 9.97. The summed E-state index contributed by atoms with van der Waals surface area (Å²) in [6.07, 6.45) is 4.03. The maximum absolute atomic E-state index is 12.2. The Labute approximate surface area is 125 Å². The maximum Gasteiger partial charge on any atom is 0.223 e. The van der Waals surface area contributed by atoms with Crippen molar-refractivity contribution in [2.75, 3.05) is 19.3 Å². The highest BCUT2D eigenvalue weighted by Gasteiger charge is 2.29. The van der Waals surface area contributed by atoms with E-state index in [1.807, 2.05) is 25.1 Å². The summed E-state index contributed by atoms with van der Waals surface area (Å²) in [7, 11) is -3.15. The second kappa shape index (κ2) is 6.53. The molecule has 1 aliphatic heterocycles.